The molecule has 2 N–H and O–H groups in total. The number of hydrogen-bond donors (Lipinski definition) is 2. The van der Waals surface area contributed by atoms with E-state index in [1.54, 1.807) is 0 Å². The fraction of sp³-hybridized carbons (Fsp3) is 0.304. The van der Waals surface area contributed by atoms with Crippen molar-refractivity contribution in [2.45, 2.75) is 26.3 Å². The monoisotopic (exact) mass is 402 g/mol. The van der Waals surface area contributed by atoms with Crippen molar-refractivity contribution in [3.63, 3.8) is 0 Å². The molecule has 1 aliphatic rings. The molecule has 1 aliphatic heterocycles. The Morgan fingerprint density at radius 2 is 1.90 bits per heavy atom. The van der Waals surface area contributed by atoms with Crippen LogP contribution in [0, 0.1) is 0 Å². The summed E-state index contributed by atoms with van der Waals surface area (Å²) in [6.07, 6.45) is 3.30. The van der Waals surface area contributed by atoms with Crippen molar-refractivity contribution >= 4 is 17.5 Å². The van der Waals surface area contributed by atoms with Crippen molar-refractivity contribution in [2.24, 2.45) is 0 Å². The van der Waals surface area contributed by atoms with Crippen molar-refractivity contribution in [1.29, 1.82) is 0 Å². The molecule has 7 nitrogen and oxygen atoms in total. The molecule has 0 aliphatic carbocycles. The van der Waals surface area contributed by atoms with Crippen LogP contribution in [0.2, 0.25) is 0 Å². The van der Waals surface area contributed by atoms with E-state index >= 15 is 0 Å². The van der Waals surface area contributed by atoms with E-state index in [4.69, 9.17) is 0 Å². The van der Waals surface area contributed by atoms with E-state index in [1.807, 2.05) is 24.3 Å². The highest BCUT2D eigenvalue weighted by molar-refractivity contribution is 5.78. The number of anilines is 2. The molecule has 6 bridgehead atoms. The molecule has 0 radical (unpaired) electrons. The predicted octanol–water partition coefficient (Wildman–Crippen LogP) is 3.17. The first-order chi connectivity index (χ1) is 14.7. The van der Waals surface area contributed by atoms with Gasteiger partial charge >= 0.3 is 0 Å². The number of hydrogen-bond acceptors (Lipinski definition) is 6. The summed E-state index contributed by atoms with van der Waals surface area (Å²) < 4.78 is 0. The SMILES string of the molecule is CCN1CC(=O)NCCCc2cccc(c2)-c2ncnc(n2)Nc2cccc(c2)C1. The molecule has 3 aromatic rings. The predicted molar refractivity (Wildman–Crippen MR) is 117 cm³/mol. The van der Waals surface area contributed by atoms with E-state index < -0.39 is 0 Å². The Balaban J connectivity index is 1.66. The summed E-state index contributed by atoms with van der Waals surface area (Å²) in [5.74, 6) is 1.21. The van der Waals surface area contributed by atoms with Gasteiger partial charge in [0, 0.05) is 24.3 Å². The van der Waals surface area contributed by atoms with Gasteiger partial charge in [0.2, 0.25) is 11.9 Å². The van der Waals surface area contributed by atoms with Crippen LogP contribution in [0.5, 0.6) is 0 Å². The summed E-state index contributed by atoms with van der Waals surface area (Å²) in [6.45, 7) is 4.62. The number of amides is 1. The molecular weight excluding hydrogens is 376 g/mol. The number of carbonyl (C=O) groups is 1. The lowest BCUT2D eigenvalue weighted by atomic mass is 10.1. The normalized spacial score (nSPS) is 15.4. The van der Waals surface area contributed by atoms with Crippen LogP contribution in [-0.4, -0.2) is 45.4 Å². The molecule has 0 saturated carbocycles. The van der Waals surface area contributed by atoms with Gasteiger partial charge in [0.25, 0.3) is 0 Å². The second-order valence-corrected chi connectivity index (χ2v) is 7.42. The van der Waals surface area contributed by atoms with Crippen molar-refractivity contribution < 1.29 is 4.79 Å². The van der Waals surface area contributed by atoms with Gasteiger partial charge in [0.05, 0.1) is 6.54 Å². The quantitative estimate of drug-likeness (QED) is 0.651. The number of benzene rings is 2. The van der Waals surface area contributed by atoms with E-state index in [0.717, 1.165) is 36.2 Å². The Morgan fingerprint density at radius 1 is 1.03 bits per heavy atom. The van der Waals surface area contributed by atoms with E-state index in [0.29, 0.717) is 31.4 Å². The molecule has 2 heterocycles. The van der Waals surface area contributed by atoms with Crippen molar-refractivity contribution in [3.8, 4) is 11.4 Å². The zero-order valence-corrected chi connectivity index (χ0v) is 17.1. The lowest BCUT2D eigenvalue weighted by molar-refractivity contribution is -0.122. The van der Waals surface area contributed by atoms with Crippen LogP contribution in [0.1, 0.15) is 24.5 Å². The van der Waals surface area contributed by atoms with Gasteiger partial charge in [0.15, 0.2) is 5.82 Å². The number of rotatable bonds is 1. The molecule has 0 spiro atoms. The second kappa shape index (κ2) is 9.45. The maximum absolute atomic E-state index is 12.4. The fourth-order valence-corrected chi connectivity index (χ4v) is 3.56. The first kappa shape index (κ1) is 20.0. The average molecular weight is 403 g/mol. The molecule has 2 aromatic carbocycles. The van der Waals surface area contributed by atoms with Crippen molar-refractivity contribution in [2.75, 3.05) is 25.0 Å². The molecular formula is C23H26N6O. The third-order valence-corrected chi connectivity index (χ3v) is 5.13. The molecule has 0 atom stereocenters. The zero-order valence-electron chi connectivity index (χ0n) is 17.1. The van der Waals surface area contributed by atoms with Gasteiger partial charge in [-0.3, -0.25) is 9.69 Å². The Morgan fingerprint density at radius 3 is 2.80 bits per heavy atom. The third-order valence-electron chi connectivity index (χ3n) is 5.13. The smallest absolute Gasteiger partial charge is 0.234 e. The van der Waals surface area contributed by atoms with Crippen LogP contribution in [0.25, 0.3) is 11.4 Å². The molecule has 0 fully saturated rings. The summed E-state index contributed by atoms with van der Waals surface area (Å²) in [5.41, 5.74) is 4.17. The number of aryl methyl sites for hydroxylation is 1. The van der Waals surface area contributed by atoms with Crippen LogP contribution < -0.4 is 10.6 Å². The number of carbonyl (C=O) groups excluding carboxylic acids is 1. The fourth-order valence-electron chi connectivity index (χ4n) is 3.56. The Kier molecular flexibility index (Phi) is 6.29. The van der Waals surface area contributed by atoms with Gasteiger partial charge < -0.3 is 10.6 Å². The summed E-state index contributed by atoms with van der Waals surface area (Å²) in [7, 11) is 0. The first-order valence-corrected chi connectivity index (χ1v) is 10.3. The minimum Gasteiger partial charge on any atom is -0.355 e. The van der Waals surface area contributed by atoms with Crippen molar-refractivity contribution in [1.82, 2.24) is 25.2 Å². The van der Waals surface area contributed by atoms with E-state index in [1.165, 1.54) is 11.9 Å². The highest BCUT2D eigenvalue weighted by Crippen LogP contribution is 2.20. The number of nitrogens with zero attached hydrogens (tertiary/aromatic N) is 4. The van der Waals surface area contributed by atoms with Gasteiger partial charge in [0.1, 0.15) is 6.33 Å². The molecule has 0 saturated heterocycles. The molecule has 30 heavy (non-hydrogen) atoms. The minimum absolute atomic E-state index is 0.0635. The lowest BCUT2D eigenvalue weighted by Gasteiger charge is -2.20. The van der Waals surface area contributed by atoms with Crippen LogP contribution >= 0.6 is 0 Å². The van der Waals surface area contributed by atoms with E-state index in [-0.39, 0.29) is 5.91 Å². The number of fused-ring (bicyclic) bond motifs is 7. The Labute approximate surface area is 176 Å². The van der Waals surface area contributed by atoms with E-state index in [9.17, 15) is 4.79 Å². The van der Waals surface area contributed by atoms with Gasteiger partial charge in [-0.15, -0.1) is 0 Å². The standard InChI is InChI=1S/C23H26N6O/c1-2-29-14-18-7-4-10-20(13-18)27-23-26-16-25-22(28-23)19-9-3-6-17(12-19)8-5-11-24-21(30)15-29/h3-4,6-7,9-10,12-13,16H,2,5,8,11,14-15H2,1H3,(H,24,30)(H,25,26,27,28). The van der Waals surface area contributed by atoms with Gasteiger partial charge in [-0.2, -0.15) is 4.98 Å². The third kappa shape index (κ3) is 5.18. The molecule has 1 amide bonds. The summed E-state index contributed by atoms with van der Waals surface area (Å²) in [5, 5.41) is 6.32. The molecule has 7 heteroatoms. The summed E-state index contributed by atoms with van der Waals surface area (Å²) >= 11 is 0. The van der Waals surface area contributed by atoms with E-state index in [2.05, 4.69) is 61.7 Å². The average Bonchev–Trinajstić information content (AvgIpc) is 2.76. The topological polar surface area (TPSA) is 83.0 Å². The molecule has 4 rings (SSSR count). The van der Waals surface area contributed by atoms with Gasteiger partial charge in [-0.25, -0.2) is 9.97 Å². The van der Waals surface area contributed by atoms with Gasteiger partial charge in [-0.1, -0.05) is 37.3 Å². The maximum Gasteiger partial charge on any atom is 0.234 e. The Bertz CT molecular complexity index is 1020. The largest absolute Gasteiger partial charge is 0.355 e. The molecule has 1 aromatic heterocycles. The summed E-state index contributed by atoms with van der Waals surface area (Å²) in [6, 6.07) is 16.3. The van der Waals surface area contributed by atoms with Crippen molar-refractivity contribution in [3.05, 3.63) is 66.0 Å². The van der Waals surface area contributed by atoms with Crippen LogP contribution in [0.15, 0.2) is 54.9 Å². The minimum atomic E-state index is 0.0635. The zero-order chi connectivity index (χ0) is 20.8. The molecule has 154 valence electrons. The maximum atomic E-state index is 12.4. The van der Waals surface area contributed by atoms with Crippen LogP contribution in [-0.2, 0) is 17.8 Å². The van der Waals surface area contributed by atoms with Crippen LogP contribution in [0.4, 0.5) is 11.6 Å². The van der Waals surface area contributed by atoms with Crippen LogP contribution in [0.3, 0.4) is 0 Å². The Hall–Kier alpha value is -3.32. The number of likely N-dealkylation sites (N-methyl/N-ethyl adjacent to an activating group) is 1. The highest BCUT2D eigenvalue weighted by Gasteiger charge is 2.11. The number of nitrogens with one attached hydrogen (secondary N) is 2. The summed E-state index contributed by atoms with van der Waals surface area (Å²) in [4.78, 5) is 27.7. The number of aromatic nitrogens is 3. The molecule has 0 unspecified atom stereocenters. The first-order valence-electron chi connectivity index (χ1n) is 10.3. The second-order valence-electron chi connectivity index (χ2n) is 7.42. The highest BCUT2D eigenvalue weighted by atomic mass is 16.2. The van der Waals surface area contributed by atoms with Gasteiger partial charge in [-0.05, 0) is 48.7 Å². The lowest BCUT2D eigenvalue weighted by Crippen LogP contribution is -2.37.